The smallest absolute Gasteiger partial charge is 0.0273 e. The first-order chi connectivity index (χ1) is 7.78. The minimum Gasteiger partial charge on any atom is -0.300 e. The molecule has 2 atom stereocenters. The Labute approximate surface area is 107 Å². The van der Waals surface area contributed by atoms with Crippen LogP contribution in [-0.4, -0.2) is 13.3 Å². The Kier molecular flexibility index (Phi) is 4.22. The fourth-order valence-corrected chi connectivity index (χ4v) is 3.32. The lowest BCUT2D eigenvalue weighted by molar-refractivity contribution is -0.0677. The van der Waals surface area contributed by atoms with Gasteiger partial charge in [-0.1, -0.05) is 60.1 Å². The Morgan fingerprint density at radius 1 is 1.24 bits per heavy atom. The maximum atomic E-state index is 4.14. The van der Waals surface area contributed by atoms with Gasteiger partial charge in [-0.2, -0.15) is 0 Å². The largest absolute Gasteiger partial charge is 0.300 e. The maximum Gasteiger partial charge on any atom is 0.0273 e. The van der Waals surface area contributed by atoms with E-state index in [9.17, 15) is 0 Å². The molecular weight excluding hydrogens is 206 g/mol. The highest BCUT2D eigenvalue weighted by atomic mass is 14.6. The van der Waals surface area contributed by atoms with Crippen LogP contribution in [0.4, 0.5) is 0 Å². The van der Waals surface area contributed by atoms with Gasteiger partial charge in [0, 0.05) is 18.7 Å². The lowest BCUT2D eigenvalue weighted by Gasteiger charge is -2.57. The monoisotopic (exact) mass is 235 g/mol. The molecule has 1 heteroatoms. The van der Waals surface area contributed by atoms with Crippen molar-refractivity contribution >= 4 is 6.21 Å². The molecule has 0 heterocycles. The number of rotatable bonds is 4. The van der Waals surface area contributed by atoms with Crippen LogP contribution in [0.5, 0.6) is 0 Å². The summed E-state index contributed by atoms with van der Waals surface area (Å²) in [5, 5.41) is 0. The summed E-state index contributed by atoms with van der Waals surface area (Å²) in [5.41, 5.74) is 0.629. The lowest BCUT2D eigenvalue weighted by Crippen LogP contribution is -2.51. The molecule has 0 aromatic rings. The fraction of sp³-hybridized carbons (Fsp3) is 0.812. The second-order valence-electron chi connectivity index (χ2n) is 6.58. The van der Waals surface area contributed by atoms with Gasteiger partial charge in [-0.15, -0.1) is 0 Å². The summed E-state index contributed by atoms with van der Waals surface area (Å²) in [6.45, 7) is 14.0. The number of hydrogen-bond acceptors (Lipinski definition) is 1. The van der Waals surface area contributed by atoms with Crippen LogP contribution < -0.4 is 0 Å². The molecule has 98 valence electrons. The van der Waals surface area contributed by atoms with Crippen molar-refractivity contribution in [1.82, 2.24) is 0 Å². The third-order valence-electron chi connectivity index (χ3n) is 5.21. The summed E-state index contributed by atoms with van der Waals surface area (Å²) in [6, 6.07) is 0. The van der Waals surface area contributed by atoms with E-state index in [1.54, 1.807) is 0 Å². The average molecular weight is 235 g/mol. The zero-order valence-electron chi connectivity index (χ0n) is 12.6. The number of allylic oxidation sites excluding steroid dienone is 2. The molecule has 1 rings (SSSR count). The van der Waals surface area contributed by atoms with Crippen molar-refractivity contribution in [2.75, 3.05) is 7.05 Å². The summed E-state index contributed by atoms with van der Waals surface area (Å²) in [5.74, 6) is 2.34. The van der Waals surface area contributed by atoms with Crippen LogP contribution in [0.3, 0.4) is 0 Å². The van der Waals surface area contributed by atoms with E-state index in [4.69, 9.17) is 0 Å². The quantitative estimate of drug-likeness (QED) is 0.499. The first-order valence-electron chi connectivity index (χ1n) is 6.91. The van der Waals surface area contributed by atoms with Gasteiger partial charge in [0.1, 0.15) is 0 Å². The van der Waals surface area contributed by atoms with E-state index in [2.05, 4.69) is 58.7 Å². The molecule has 0 aromatic heterocycles. The van der Waals surface area contributed by atoms with Crippen LogP contribution in [0, 0.1) is 28.6 Å². The van der Waals surface area contributed by atoms with Crippen molar-refractivity contribution in [1.29, 1.82) is 0 Å². The van der Waals surface area contributed by atoms with E-state index >= 15 is 0 Å². The molecule has 1 aliphatic rings. The predicted molar refractivity (Wildman–Crippen MR) is 77.6 cm³/mol. The molecule has 1 saturated carbocycles. The molecule has 0 spiro atoms. The molecule has 0 aromatic carbocycles. The average Bonchev–Trinajstić information content (AvgIpc) is 2.27. The molecule has 0 aliphatic heterocycles. The normalized spacial score (nSPS) is 38.9. The first-order valence-corrected chi connectivity index (χ1v) is 6.91. The van der Waals surface area contributed by atoms with Crippen molar-refractivity contribution in [3.8, 4) is 0 Å². The minimum atomic E-state index is 0.0897. The van der Waals surface area contributed by atoms with Gasteiger partial charge in [0.05, 0.1) is 0 Å². The number of nitrogens with zero attached hydrogens (tertiary/aromatic N) is 1. The fourth-order valence-electron chi connectivity index (χ4n) is 3.32. The Bertz CT molecular complexity index is 301. The van der Waals surface area contributed by atoms with Crippen molar-refractivity contribution < 1.29 is 0 Å². The zero-order chi connectivity index (χ0) is 13.3. The summed E-state index contributed by atoms with van der Waals surface area (Å²) >= 11 is 0. The van der Waals surface area contributed by atoms with Crippen LogP contribution in [-0.2, 0) is 0 Å². The van der Waals surface area contributed by atoms with Gasteiger partial charge in [-0.25, -0.2) is 0 Å². The highest BCUT2D eigenvalue weighted by Gasteiger charge is 2.51. The molecule has 0 bridgehead atoms. The lowest BCUT2D eigenvalue weighted by atomic mass is 9.47. The van der Waals surface area contributed by atoms with Crippen LogP contribution >= 0.6 is 0 Å². The van der Waals surface area contributed by atoms with Gasteiger partial charge in [-0.3, -0.25) is 4.99 Å². The molecule has 0 N–H and O–H groups in total. The summed E-state index contributed by atoms with van der Waals surface area (Å²) in [7, 11) is 1.85. The molecule has 0 radical (unpaired) electrons. The molecule has 17 heavy (non-hydrogen) atoms. The maximum absolute atomic E-state index is 4.14. The van der Waals surface area contributed by atoms with E-state index in [1.807, 2.05) is 13.3 Å². The third-order valence-corrected chi connectivity index (χ3v) is 5.21. The van der Waals surface area contributed by atoms with E-state index < -0.39 is 0 Å². The molecular formula is C16H29N. The number of aliphatic imine (C=N–C) groups is 1. The van der Waals surface area contributed by atoms with Crippen LogP contribution in [0.25, 0.3) is 0 Å². The first kappa shape index (κ1) is 14.5. The summed E-state index contributed by atoms with van der Waals surface area (Å²) in [6.07, 6.45) is 8.07. The van der Waals surface area contributed by atoms with E-state index in [-0.39, 0.29) is 5.41 Å². The molecule has 1 fully saturated rings. The topological polar surface area (TPSA) is 12.4 Å². The highest BCUT2D eigenvalue weighted by Crippen LogP contribution is 2.58. The molecule has 1 aliphatic carbocycles. The highest BCUT2D eigenvalue weighted by molar-refractivity contribution is 5.67. The molecule has 1 nitrogen and oxygen atoms in total. The van der Waals surface area contributed by atoms with Gasteiger partial charge >= 0.3 is 0 Å². The third kappa shape index (κ3) is 2.64. The Hall–Kier alpha value is -0.590. The van der Waals surface area contributed by atoms with E-state index in [1.165, 1.54) is 6.42 Å². The molecule has 0 saturated heterocycles. The predicted octanol–water partition coefficient (Wildman–Crippen LogP) is 4.59. The second kappa shape index (κ2) is 4.96. The SMILES string of the molecule is CCC1(C)C(C)C(/C=C\C(C)(C)/C=N\C)C1C. The zero-order valence-corrected chi connectivity index (χ0v) is 12.6. The van der Waals surface area contributed by atoms with Crippen molar-refractivity contribution in [2.45, 2.75) is 48.0 Å². The summed E-state index contributed by atoms with van der Waals surface area (Å²) < 4.78 is 0. The van der Waals surface area contributed by atoms with Crippen molar-refractivity contribution in [3.05, 3.63) is 12.2 Å². The Morgan fingerprint density at radius 2 is 1.76 bits per heavy atom. The van der Waals surface area contributed by atoms with Gasteiger partial charge in [0.25, 0.3) is 0 Å². The summed E-state index contributed by atoms with van der Waals surface area (Å²) in [4.78, 5) is 4.14. The van der Waals surface area contributed by atoms with Crippen LogP contribution in [0.15, 0.2) is 17.1 Å². The Balaban J connectivity index is 2.70. The molecule has 2 unspecified atom stereocenters. The van der Waals surface area contributed by atoms with Gasteiger partial charge < -0.3 is 0 Å². The van der Waals surface area contributed by atoms with E-state index in [0.29, 0.717) is 5.41 Å². The standard InChI is InChI=1S/C16H29N/c1-8-16(6)12(2)14(13(16)3)9-10-15(4,5)11-17-7/h9-14H,8H2,1-7H3/b10-9-,17-11-. The van der Waals surface area contributed by atoms with Gasteiger partial charge in [-0.05, 0) is 23.2 Å². The van der Waals surface area contributed by atoms with Crippen molar-refractivity contribution in [2.24, 2.45) is 33.6 Å². The van der Waals surface area contributed by atoms with Crippen molar-refractivity contribution in [3.63, 3.8) is 0 Å². The minimum absolute atomic E-state index is 0.0897. The second-order valence-corrected chi connectivity index (χ2v) is 6.58. The van der Waals surface area contributed by atoms with Gasteiger partial charge in [0.15, 0.2) is 0 Å². The van der Waals surface area contributed by atoms with E-state index in [0.717, 1.165) is 17.8 Å². The van der Waals surface area contributed by atoms with Crippen LogP contribution in [0.1, 0.15) is 48.0 Å². The molecule has 0 amide bonds. The Morgan fingerprint density at radius 3 is 2.18 bits per heavy atom. The van der Waals surface area contributed by atoms with Gasteiger partial charge in [0.2, 0.25) is 0 Å². The number of hydrogen-bond donors (Lipinski definition) is 0. The van der Waals surface area contributed by atoms with Crippen LogP contribution in [0.2, 0.25) is 0 Å².